The molecular weight excluding hydrogens is 345 g/mol. The number of halogens is 3. The van der Waals surface area contributed by atoms with Crippen LogP contribution >= 0.6 is 34.8 Å². The molecule has 110 valence electrons. The van der Waals surface area contributed by atoms with Crippen molar-refractivity contribution in [1.82, 2.24) is 0 Å². The first-order valence-electron chi connectivity index (χ1n) is 5.87. The Bertz CT molecular complexity index is 633. The summed E-state index contributed by atoms with van der Waals surface area (Å²) in [6.45, 7) is 0. The van der Waals surface area contributed by atoms with E-state index in [1.165, 1.54) is 4.90 Å². The Labute approximate surface area is 132 Å². The quantitative estimate of drug-likeness (QED) is 0.783. The van der Waals surface area contributed by atoms with Crippen LogP contribution in [-0.4, -0.2) is 37.8 Å². The van der Waals surface area contributed by atoms with E-state index in [1.54, 1.807) is 18.2 Å². The van der Waals surface area contributed by atoms with E-state index in [1.807, 2.05) is 0 Å². The van der Waals surface area contributed by atoms with Gasteiger partial charge in [-0.05, 0) is 24.6 Å². The number of nitrogens with zero attached hydrogens (tertiary/aromatic N) is 1. The van der Waals surface area contributed by atoms with Gasteiger partial charge in [-0.2, -0.15) is 0 Å². The highest BCUT2D eigenvalue weighted by Gasteiger charge is 2.36. The number of benzene rings is 1. The molecule has 4 nitrogen and oxygen atoms in total. The third kappa shape index (κ3) is 3.39. The molecule has 0 saturated carbocycles. The van der Waals surface area contributed by atoms with Crippen LogP contribution in [0.25, 0.3) is 0 Å². The first-order valence-corrected chi connectivity index (χ1v) is 8.99. The minimum atomic E-state index is -3.13. The molecule has 0 aromatic heterocycles. The van der Waals surface area contributed by atoms with Gasteiger partial charge in [-0.1, -0.05) is 23.2 Å². The van der Waals surface area contributed by atoms with Crippen LogP contribution in [0.5, 0.6) is 0 Å². The van der Waals surface area contributed by atoms with Crippen molar-refractivity contribution in [3.8, 4) is 0 Å². The summed E-state index contributed by atoms with van der Waals surface area (Å²) < 4.78 is 23.2. The normalized spacial score (nSPS) is 20.9. The van der Waals surface area contributed by atoms with Gasteiger partial charge in [-0.15, -0.1) is 11.6 Å². The van der Waals surface area contributed by atoms with Crippen LogP contribution in [0, 0.1) is 0 Å². The lowest BCUT2D eigenvalue weighted by Crippen LogP contribution is -2.42. The van der Waals surface area contributed by atoms with Crippen molar-refractivity contribution in [3.05, 3.63) is 28.2 Å². The van der Waals surface area contributed by atoms with Crippen LogP contribution in [0.1, 0.15) is 6.42 Å². The van der Waals surface area contributed by atoms with Crippen LogP contribution in [0.3, 0.4) is 0 Å². The van der Waals surface area contributed by atoms with Gasteiger partial charge < -0.3 is 4.90 Å². The lowest BCUT2D eigenvalue weighted by atomic mass is 10.2. The number of carbonyl (C=O) groups is 1. The van der Waals surface area contributed by atoms with E-state index < -0.39 is 21.8 Å². The first kappa shape index (κ1) is 15.9. The van der Waals surface area contributed by atoms with Crippen molar-refractivity contribution in [2.75, 3.05) is 22.3 Å². The van der Waals surface area contributed by atoms with E-state index >= 15 is 0 Å². The van der Waals surface area contributed by atoms with E-state index in [2.05, 4.69) is 0 Å². The van der Waals surface area contributed by atoms with Gasteiger partial charge in [0, 0.05) is 5.02 Å². The van der Waals surface area contributed by atoms with E-state index in [0.717, 1.165) is 0 Å². The van der Waals surface area contributed by atoms with Gasteiger partial charge in [0.15, 0.2) is 9.84 Å². The maximum absolute atomic E-state index is 12.1. The van der Waals surface area contributed by atoms with E-state index in [4.69, 9.17) is 34.8 Å². The highest BCUT2D eigenvalue weighted by molar-refractivity contribution is 7.91. The Morgan fingerprint density at radius 1 is 1.35 bits per heavy atom. The number of rotatable bonds is 3. The molecule has 0 aliphatic carbocycles. The predicted octanol–water partition coefficient (Wildman–Crippen LogP) is 2.75. The van der Waals surface area contributed by atoms with E-state index in [-0.39, 0.29) is 17.4 Å². The van der Waals surface area contributed by atoms with Crippen LogP contribution in [0.15, 0.2) is 18.2 Å². The molecule has 1 heterocycles. The molecule has 1 amide bonds. The van der Waals surface area contributed by atoms with Crippen molar-refractivity contribution >= 4 is 56.2 Å². The second-order valence-corrected chi connectivity index (χ2v) is 7.89. The fraction of sp³-hybridized carbons (Fsp3) is 0.417. The second-order valence-electron chi connectivity index (χ2n) is 4.55. The summed E-state index contributed by atoms with van der Waals surface area (Å²) in [6, 6.07) is 4.25. The molecule has 1 atom stereocenters. The lowest BCUT2D eigenvalue weighted by molar-refractivity contribution is -0.116. The molecule has 1 aromatic rings. The molecule has 0 radical (unpaired) electrons. The Kier molecular flexibility index (Phi) is 4.84. The fourth-order valence-electron chi connectivity index (χ4n) is 2.25. The van der Waals surface area contributed by atoms with Gasteiger partial charge in [-0.25, -0.2) is 8.42 Å². The minimum absolute atomic E-state index is 0.0575. The molecule has 1 aliphatic heterocycles. The molecule has 20 heavy (non-hydrogen) atoms. The molecule has 0 bridgehead atoms. The summed E-state index contributed by atoms with van der Waals surface area (Å²) in [5.74, 6) is -0.669. The zero-order valence-corrected chi connectivity index (χ0v) is 13.4. The van der Waals surface area contributed by atoms with Crippen molar-refractivity contribution in [1.29, 1.82) is 0 Å². The third-order valence-electron chi connectivity index (χ3n) is 3.12. The lowest BCUT2D eigenvalue weighted by Gasteiger charge is -2.28. The van der Waals surface area contributed by atoms with Crippen LogP contribution in [0.4, 0.5) is 5.69 Å². The Morgan fingerprint density at radius 3 is 2.60 bits per heavy atom. The van der Waals surface area contributed by atoms with Crippen molar-refractivity contribution in [2.24, 2.45) is 0 Å². The molecule has 1 saturated heterocycles. The zero-order valence-electron chi connectivity index (χ0n) is 10.4. The summed E-state index contributed by atoms with van der Waals surface area (Å²) in [4.78, 5) is 13.4. The molecule has 8 heteroatoms. The monoisotopic (exact) mass is 355 g/mol. The Hall–Kier alpha value is -0.490. The van der Waals surface area contributed by atoms with Gasteiger partial charge in [-0.3, -0.25) is 4.79 Å². The fourth-order valence-corrected chi connectivity index (χ4v) is 4.45. The van der Waals surface area contributed by atoms with Gasteiger partial charge in [0.05, 0.1) is 28.3 Å². The average Bonchev–Trinajstić information content (AvgIpc) is 2.74. The summed E-state index contributed by atoms with van der Waals surface area (Å²) in [6.07, 6.45) is 0.369. The van der Waals surface area contributed by atoms with Crippen molar-refractivity contribution in [2.45, 2.75) is 12.5 Å². The van der Waals surface area contributed by atoms with Gasteiger partial charge in [0.2, 0.25) is 5.91 Å². The molecule has 1 fully saturated rings. The molecule has 1 aromatic carbocycles. The zero-order chi connectivity index (χ0) is 14.9. The number of amides is 1. The molecule has 0 N–H and O–H groups in total. The Balaban J connectivity index is 2.43. The number of hydrogen-bond donors (Lipinski definition) is 0. The highest BCUT2D eigenvalue weighted by atomic mass is 35.5. The number of hydrogen-bond acceptors (Lipinski definition) is 3. The van der Waals surface area contributed by atoms with Crippen molar-refractivity contribution < 1.29 is 13.2 Å². The summed E-state index contributed by atoms with van der Waals surface area (Å²) in [5.41, 5.74) is 0.395. The van der Waals surface area contributed by atoms with Crippen LogP contribution < -0.4 is 4.90 Å². The predicted molar refractivity (Wildman–Crippen MR) is 81.7 cm³/mol. The highest BCUT2D eigenvalue weighted by Crippen LogP contribution is 2.33. The summed E-state index contributed by atoms with van der Waals surface area (Å²) >= 11 is 17.6. The average molecular weight is 357 g/mol. The van der Waals surface area contributed by atoms with Crippen molar-refractivity contribution in [3.63, 3.8) is 0 Å². The number of sulfone groups is 1. The number of carbonyl (C=O) groups excluding carboxylic acids is 1. The third-order valence-corrected chi connectivity index (χ3v) is 5.66. The topological polar surface area (TPSA) is 54.5 Å². The maximum Gasteiger partial charge on any atom is 0.242 e. The minimum Gasteiger partial charge on any atom is -0.306 e. The van der Waals surface area contributed by atoms with Crippen LogP contribution in [0.2, 0.25) is 10.0 Å². The Morgan fingerprint density at radius 2 is 2.05 bits per heavy atom. The molecule has 2 rings (SSSR count). The van der Waals surface area contributed by atoms with E-state index in [9.17, 15) is 13.2 Å². The molecule has 0 spiro atoms. The first-order chi connectivity index (χ1) is 9.34. The van der Waals surface area contributed by atoms with Gasteiger partial charge in [0.1, 0.15) is 5.88 Å². The second kappa shape index (κ2) is 6.10. The molecule has 1 unspecified atom stereocenters. The van der Waals surface area contributed by atoms with Gasteiger partial charge >= 0.3 is 0 Å². The number of alkyl halides is 1. The largest absolute Gasteiger partial charge is 0.306 e. The SMILES string of the molecule is O=C(CCl)N(c1cc(Cl)ccc1Cl)C1CCS(=O)(=O)C1. The summed E-state index contributed by atoms with van der Waals surface area (Å²) in [5, 5.41) is 0.745. The maximum atomic E-state index is 12.1. The number of anilines is 1. The summed E-state index contributed by atoms with van der Waals surface area (Å²) in [7, 11) is -3.13. The van der Waals surface area contributed by atoms with E-state index in [0.29, 0.717) is 22.2 Å². The standard InChI is InChI=1S/C12H12Cl3NO3S/c13-6-12(17)16(9-3-4-20(18,19)7-9)11-5-8(14)1-2-10(11)15/h1-2,5,9H,3-4,6-7H2. The smallest absolute Gasteiger partial charge is 0.242 e. The van der Waals surface area contributed by atoms with Crippen LogP contribution in [-0.2, 0) is 14.6 Å². The molecular formula is C12H12Cl3NO3S. The molecule has 1 aliphatic rings. The van der Waals surface area contributed by atoms with Gasteiger partial charge in [0.25, 0.3) is 0 Å².